The molecule has 1 aromatic heterocycles. The van der Waals surface area contributed by atoms with Crippen molar-refractivity contribution in [3.8, 4) is 0 Å². The van der Waals surface area contributed by atoms with Crippen LogP contribution < -0.4 is 0 Å². The van der Waals surface area contributed by atoms with Gasteiger partial charge in [0.15, 0.2) is 0 Å². The Hall–Kier alpha value is 0.0500. The van der Waals surface area contributed by atoms with Crippen molar-refractivity contribution in [3.05, 3.63) is 15.9 Å². The lowest BCUT2D eigenvalue weighted by Gasteiger charge is -2.33. The van der Waals surface area contributed by atoms with Gasteiger partial charge in [0, 0.05) is 26.2 Å². The van der Waals surface area contributed by atoms with Crippen molar-refractivity contribution in [2.75, 3.05) is 32.7 Å². The number of thiophene rings is 1. The fraction of sp³-hybridized carbons (Fsp3) is 0.692. The molecule has 0 N–H and O–H groups in total. The number of sulfonamides is 1. The van der Waals surface area contributed by atoms with Crippen LogP contribution in [0.2, 0.25) is 0 Å². The van der Waals surface area contributed by atoms with E-state index in [4.69, 9.17) is 0 Å². The molecule has 1 aromatic rings. The van der Waals surface area contributed by atoms with E-state index in [-0.39, 0.29) is 0 Å². The van der Waals surface area contributed by atoms with E-state index in [2.05, 4.69) is 34.7 Å². The van der Waals surface area contributed by atoms with Crippen LogP contribution >= 0.6 is 27.3 Å². The minimum atomic E-state index is -3.30. The summed E-state index contributed by atoms with van der Waals surface area (Å²) in [6.07, 6.45) is 1.17. The standard InChI is InChI=1S/C13H21BrN2O2S2/c1-11(2)5-6-15-7-9-16(10-8-15)20(17,18)13-4-3-12(14)19-13/h3-4,11H,5-10H2,1-2H3. The second-order valence-corrected chi connectivity index (χ2v) is 10.1. The number of nitrogens with zero attached hydrogens (tertiary/aromatic N) is 2. The molecule has 0 aromatic carbocycles. The van der Waals surface area contributed by atoms with Crippen molar-refractivity contribution in [2.45, 2.75) is 24.5 Å². The maximum Gasteiger partial charge on any atom is 0.252 e. The zero-order valence-corrected chi connectivity index (χ0v) is 15.1. The fourth-order valence-corrected chi connectivity index (χ4v) is 5.78. The molecule has 0 aliphatic carbocycles. The lowest BCUT2D eigenvalue weighted by Crippen LogP contribution is -2.48. The predicted molar refractivity (Wildman–Crippen MR) is 86.7 cm³/mol. The van der Waals surface area contributed by atoms with Crippen molar-refractivity contribution in [1.82, 2.24) is 9.21 Å². The zero-order chi connectivity index (χ0) is 14.8. The number of rotatable bonds is 5. The fourth-order valence-electron chi connectivity index (χ4n) is 2.20. The van der Waals surface area contributed by atoms with Crippen LogP contribution in [-0.2, 0) is 10.0 Å². The monoisotopic (exact) mass is 380 g/mol. The first-order chi connectivity index (χ1) is 9.39. The van der Waals surface area contributed by atoms with E-state index < -0.39 is 10.0 Å². The third-order valence-corrected chi connectivity index (χ3v) is 7.49. The largest absolute Gasteiger partial charge is 0.301 e. The second-order valence-electron chi connectivity index (χ2n) is 5.49. The third-order valence-electron chi connectivity index (χ3n) is 3.50. The molecule has 7 heteroatoms. The van der Waals surface area contributed by atoms with Crippen LogP contribution in [0.3, 0.4) is 0 Å². The Morgan fingerprint density at radius 3 is 2.40 bits per heavy atom. The maximum atomic E-state index is 12.5. The van der Waals surface area contributed by atoms with Gasteiger partial charge in [-0.2, -0.15) is 4.31 Å². The van der Waals surface area contributed by atoms with Gasteiger partial charge in [-0.15, -0.1) is 11.3 Å². The molecule has 1 fully saturated rings. The van der Waals surface area contributed by atoms with Gasteiger partial charge in [0.25, 0.3) is 10.0 Å². The number of halogens is 1. The highest BCUT2D eigenvalue weighted by Crippen LogP contribution is 2.28. The van der Waals surface area contributed by atoms with Crippen LogP contribution in [0.25, 0.3) is 0 Å². The molecule has 0 amide bonds. The number of piperazine rings is 1. The summed E-state index contributed by atoms with van der Waals surface area (Å²) in [4.78, 5) is 2.36. The highest BCUT2D eigenvalue weighted by Gasteiger charge is 2.29. The van der Waals surface area contributed by atoms with Gasteiger partial charge in [-0.1, -0.05) is 13.8 Å². The molecule has 2 heterocycles. The average molecular weight is 381 g/mol. The van der Waals surface area contributed by atoms with Crippen LogP contribution in [0.5, 0.6) is 0 Å². The Labute approximate surface area is 133 Å². The Morgan fingerprint density at radius 1 is 1.25 bits per heavy atom. The van der Waals surface area contributed by atoms with E-state index in [0.29, 0.717) is 23.2 Å². The van der Waals surface area contributed by atoms with Gasteiger partial charge in [-0.3, -0.25) is 0 Å². The first-order valence-corrected chi connectivity index (χ1v) is 9.92. The van der Waals surface area contributed by atoms with Crippen molar-refractivity contribution in [2.24, 2.45) is 5.92 Å². The van der Waals surface area contributed by atoms with Gasteiger partial charge in [0.2, 0.25) is 0 Å². The summed E-state index contributed by atoms with van der Waals surface area (Å²) in [5, 5.41) is 0. The van der Waals surface area contributed by atoms with Gasteiger partial charge in [-0.05, 0) is 46.9 Å². The molecule has 0 bridgehead atoms. The van der Waals surface area contributed by atoms with E-state index in [9.17, 15) is 8.42 Å². The summed E-state index contributed by atoms with van der Waals surface area (Å²) in [6.45, 7) is 8.35. The van der Waals surface area contributed by atoms with Gasteiger partial charge in [0.05, 0.1) is 3.79 Å². The summed E-state index contributed by atoms with van der Waals surface area (Å²) in [5.41, 5.74) is 0. The molecule has 1 saturated heterocycles. The highest BCUT2D eigenvalue weighted by atomic mass is 79.9. The molecule has 2 rings (SSSR count). The molecular formula is C13H21BrN2O2S2. The minimum absolute atomic E-state index is 0.431. The van der Waals surface area contributed by atoms with Crippen LogP contribution in [0.15, 0.2) is 20.1 Å². The Morgan fingerprint density at radius 2 is 1.90 bits per heavy atom. The van der Waals surface area contributed by atoms with Gasteiger partial charge < -0.3 is 4.90 Å². The first-order valence-electron chi connectivity index (χ1n) is 6.87. The molecule has 0 unspecified atom stereocenters. The first kappa shape index (κ1) is 16.4. The Bertz CT molecular complexity index is 534. The lowest BCUT2D eigenvalue weighted by atomic mass is 10.1. The number of hydrogen-bond donors (Lipinski definition) is 0. The van der Waals surface area contributed by atoms with E-state index >= 15 is 0 Å². The quantitative estimate of drug-likeness (QED) is 0.788. The molecule has 4 nitrogen and oxygen atoms in total. The zero-order valence-electron chi connectivity index (χ0n) is 11.9. The van der Waals surface area contributed by atoms with Gasteiger partial charge in [-0.25, -0.2) is 8.42 Å². The van der Waals surface area contributed by atoms with Crippen LogP contribution in [0.4, 0.5) is 0 Å². The summed E-state index contributed by atoms with van der Waals surface area (Å²) in [7, 11) is -3.30. The Kier molecular flexibility index (Phi) is 5.64. The van der Waals surface area contributed by atoms with Crippen molar-refractivity contribution >= 4 is 37.3 Å². The van der Waals surface area contributed by atoms with E-state index in [1.165, 1.54) is 17.8 Å². The maximum absolute atomic E-state index is 12.5. The predicted octanol–water partition coefficient (Wildman–Crippen LogP) is 2.86. The summed E-state index contributed by atoms with van der Waals surface area (Å²) in [6, 6.07) is 3.46. The second kappa shape index (κ2) is 6.87. The van der Waals surface area contributed by atoms with Crippen molar-refractivity contribution in [1.29, 1.82) is 0 Å². The van der Waals surface area contributed by atoms with Gasteiger partial charge >= 0.3 is 0 Å². The number of hydrogen-bond acceptors (Lipinski definition) is 4. The Balaban J connectivity index is 1.93. The molecule has 0 saturated carbocycles. The molecule has 1 aliphatic heterocycles. The van der Waals surface area contributed by atoms with Crippen LogP contribution in [-0.4, -0.2) is 50.3 Å². The SMILES string of the molecule is CC(C)CCN1CCN(S(=O)(=O)c2ccc(Br)s2)CC1. The smallest absolute Gasteiger partial charge is 0.252 e. The van der Waals surface area contributed by atoms with Crippen LogP contribution in [0, 0.1) is 5.92 Å². The molecule has 0 atom stereocenters. The molecule has 20 heavy (non-hydrogen) atoms. The molecule has 0 spiro atoms. The minimum Gasteiger partial charge on any atom is -0.301 e. The summed E-state index contributed by atoms with van der Waals surface area (Å²) < 4.78 is 27.8. The van der Waals surface area contributed by atoms with E-state index in [0.717, 1.165) is 23.4 Å². The molecule has 1 aliphatic rings. The lowest BCUT2D eigenvalue weighted by molar-refractivity contribution is 0.181. The van der Waals surface area contributed by atoms with Crippen molar-refractivity contribution < 1.29 is 8.42 Å². The molecule has 0 radical (unpaired) electrons. The molecular weight excluding hydrogens is 360 g/mol. The van der Waals surface area contributed by atoms with E-state index in [1.807, 2.05) is 0 Å². The average Bonchev–Trinajstić information content (AvgIpc) is 2.84. The third kappa shape index (κ3) is 4.04. The van der Waals surface area contributed by atoms with Crippen LogP contribution in [0.1, 0.15) is 20.3 Å². The van der Waals surface area contributed by atoms with Crippen molar-refractivity contribution in [3.63, 3.8) is 0 Å². The van der Waals surface area contributed by atoms with Gasteiger partial charge in [0.1, 0.15) is 4.21 Å². The summed E-state index contributed by atoms with van der Waals surface area (Å²) in [5.74, 6) is 0.695. The highest BCUT2D eigenvalue weighted by molar-refractivity contribution is 9.11. The summed E-state index contributed by atoms with van der Waals surface area (Å²) >= 11 is 4.60. The topological polar surface area (TPSA) is 40.6 Å². The normalized spacial score (nSPS) is 18.8. The van der Waals surface area contributed by atoms with E-state index in [1.54, 1.807) is 16.4 Å². The molecule has 114 valence electrons.